The number of hydrogen-bond donors (Lipinski definition) is 1. The minimum absolute atomic E-state index is 0.0407. The second kappa shape index (κ2) is 6.71. The predicted octanol–water partition coefficient (Wildman–Crippen LogP) is 5.54. The Morgan fingerprint density at radius 1 is 0.913 bits per heavy atom. The fraction of sp³-hybridized carbons (Fsp3) is 0.625. The molecule has 0 bridgehead atoms. The summed E-state index contributed by atoms with van der Waals surface area (Å²) in [6, 6.07) is 3.89. The lowest BCUT2D eigenvalue weighted by atomic mass is 9.83. The zero-order valence-electron chi connectivity index (χ0n) is 13.1. The maximum atomic E-state index is 12.8. The lowest BCUT2D eigenvalue weighted by Crippen LogP contribution is -2.53. The van der Waals surface area contributed by atoms with Crippen LogP contribution in [0.4, 0.5) is 26.3 Å². The molecule has 132 valence electrons. The van der Waals surface area contributed by atoms with Crippen molar-refractivity contribution in [1.29, 1.82) is 0 Å². The lowest BCUT2D eigenvalue weighted by molar-refractivity contribution is -0.376. The van der Waals surface area contributed by atoms with E-state index in [2.05, 4.69) is 0 Å². The van der Waals surface area contributed by atoms with E-state index in [1.807, 2.05) is 20.8 Å². The molecule has 1 nitrogen and oxygen atoms in total. The van der Waals surface area contributed by atoms with Gasteiger partial charge in [-0.05, 0) is 23.8 Å². The minimum atomic E-state index is -5.85. The Morgan fingerprint density at radius 2 is 1.35 bits per heavy atom. The summed E-state index contributed by atoms with van der Waals surface area (Å²) in [4.78, 5) is 0. The third kappa shape index (κ3) is 3.82. The van der Waals surface area contributed by atoms with Crippen LogP contribution in [0.5, 0.6) is 0 Å². The maximum absolute atomic E-state index is 12.8. The van der Waals surface area contributed by atoms with Crippen LogP contribution in [0, 0.1) is 5.92 Å². The number of benzene rings is 1. The molecule has 0 aliphatic rings. The summed E-state index contributed by atoms with van der Waals surface area (Å²) in [5, 5.41) is 9.35. The van der Waals surface area contributed by atoms with Crippen LogP contribution in [-0.2, 0) is 5.60 Å². The van der Waals surface area contributed by atoms with E-state index in [0.29, 0.717) is 17.7 Å². The largest absolute Gasteiger partial charge is 0.430 e. The average molecular weight is 342 g/mol. The first kappa shape index (κ1) is 19.8. The van der Waals surface area contributed by atoms with Crippen LogP contribution in [0.15, 0.2) is 24.3 Å². The number of alkyl halides is 6. The third-order valence-electron chi connectivity index (χ3n) is 3.98. The van der Waals surface area contributed by atoms with Gasteiger partial charge in [-0.15, -0.1) is 0 Å². The molecule has 1 unspecified atom stereocenters. The highest BCUT2D eigenvalue weighted by molar-refractivity contribution is 5.32. The summed E-state index contributed by atoms with van der Waals surface area (Å²) < 4.78 is 76.9. The van der Waals surface area contributed by atoms with Gasteiger partial charge in [0.25, 0.3) is 5.60 Å². The van der Waals surface area contributed by atoms with Crippen molar-refractivity contribution in [2.75, 3.05) is 0 Å². The number of aliphatic hydroxyl groups is 1. The van der Waals surface area contributed by atoms with Crippen molar-refractivity contribution in [2.24, 2.45) is 5.92 Å². The Morgan fingerprint density at radius 3 is 1.65 bits per heavy atom. The van der Waals surface area contributed by atoms with E-state index in [1.165, 1.54) is 12.1 Å². The maximum Gasteiger partial charge on any atom is 0.430 e. The summed E-state index contributed by atoms with van der Waals surface area (Å²) >= 11 is 0. The van der Waals surface area contributed by atoms with E-state index >= 15 is 0 Å². The van der Waals surface area contributed by atoms with Gasteiger partial charge in [0.1, 0.15) is 0 Å². The molecular formula is C16H20F6O. The molecule has 0 saturated carbocycles. The second-order valence-corrected chi connectivity index (χ2v) is 5.97. The molecule has 1 rings (SSSR count). The molecule has 0 fully saturated rings. The number of hydrogen-bond acceptors (Lipinski definition) is 1. The molecule has 7 heteroatoms. The van der Waals surface area contributed by atoms with Gasteiger partial charge in [0.15, 0.2) is 0 Å². The van der Waals surface area contributed by atoms with Gasteiger partial charge >= 0.3 is 12.4 Å². The topological polar surface area (TPSA) is 20.2 Å². The van der Waals surface area contributed by atoms with E-state index in [4.69, 9.17) is 0 Å². The molecule has 0 aromatic heterocycles. The minimum Gasteiger partial charge on any atom is -0.369 e. The van der Waals surface area contributed by atoms with Gasteiger partial charge in [0.05, 0.1) is 0 Å². The summed E-state index contributed by atoms with van der Waals surface area (Å²) in [7, 11) is 0. The molecule has 1 aromatic carbocycles. The fourth-order valence-electron chi connectivity index (χ4n) is 2.66. The molecule has 0 saturated heterocycles. The molecular weight excluding hydrogens is 322 g/mol. The number of halogens is 6. The van der Waals surface area contributed by atoms with E-state index in [-0.39, 0.29) is 11.8 Å². The number of rotatable bonds is 5. The molecule has 0 radical (unpaired) electrons. The summed E-state index contributed by atoms with van der Waals surface area (Å²) in [5.41, 5.74) is -5.42. The third-order valence-corrected chi connectivity index (χ3v) is 3.98. The molecule has 1 N–H and O–H groups in total. The van der Waals surface area contributed by atoms with Crippen molar-refractivity contribution >= 4 is 0 Å². The van der Waals surface area contributed by atoms with E-state index in [9.17, 15) is 31.4 Å². The van der Waals surface area contributed by atoms with Crippen LogP contribution in [0.2, 0.25) is 0 Å². The van der Waals surface area contributed by atoms with Crippen LogP contribution in [-0.4, -0.2) is 17.5 Å². The average Bonchev–Trinajstić information content (AvgIpc) is 2.41. The van der Waals surface area contributed by atoms with Crippen molar-refractivity contribution < 1.29 is 31.4 Å². The first-order chi connectivity index (χ1) is 10.4. The Labute approximate surface area is 131 Å². The zero-order chi connectivity index (χ0) is 18.1. The van der Waals surface area contributed by atoms with Gasteiger partial charge in [0.2, 0.25) is 0 Å². The van der Waals surface area contributed by atoms with Crippen LogP contribution in [0.1, 0.15) is 50.7 Å². The molecule has 1 aromatic rings. The van der Waals surface area contributed by atoms with Crippen molar-refractivity contribution in [1.82, 2.24) is 0 Å². The Bertz CT molecular complexity index is 487. The normalized spacial score (nSPS) is 15.1. The molecule has 0 amide bonds. The summed E-state index contributed by atoms with van der Waals surface area (Å²) in [5.74, 6) is 0.240. The molecule has 0 spiro atoms. The Balaban J connectivity index is 3.30. The first-order valence-electron chi connectivity index (χ1n) is 7.32. The van der Waals surface area contributed by atoms with Gasteiger partial charge in [-0.1, -0.05) is 51.5 Å². The molecule has 0 heterocycles. The van der Waals surface area contributed by atoms with Gasteiger partial charge in [-0.3, -0.25) is 0 Å². The van der Waals surface area contributed by atoms with E-state index in [0.717, 1.165) is 12.8 Å². The first-order valence-corrected chi connectivity index (χ1v) is 7.32. The second-order valence-electron chi connectivity index (χ2n) is 5.97. The Kier molecular flexibility index (Phi) is 5.78. The van der Waals surface area contributed by atoms with Gasteiger partial charge in [0, 0.05) is 5.56 Å². The zero-order valence-corrected chi connectivity index (χ0v) is 13.1. The standard InChI is InChI=1S/C16H20F6O/c1-4-5-13(10(2)3)11-6-8-12(9-7-11)14(23,15(17,18)19)16(20,21)22/h6-10,13,23H,4-5H2,1-3H3. The molecule has 0 aliphatic heterocycles. The molecule has 0 aliphatic carbocycles. The predicted molar refractivity (Wildman–Crippen MR) is 74.9 cm³/mol. The van der Waals surface area contributed by atoms with Crippen molar-refractivity contribution in [2.45, 2.75) is 57.5 Å². The van der Waals surface area contributed by atoms with Crippen LogP contribution >= 0.6 is 0 Å². The van der Waals surface area contributed by atoms with Gasteiger partial charge in [-0.25, -0.2) is 0 Å². The van der Waals surface area contributed by atoms with Crippen molar-refractivity contribution in [3.63, 3.8) is 0 Å². The lowest BCUT2D eigenvalue weighted by Gasteiger charge is -2.33. The monoisotopic (exact) mass is 342 g/mol. The van der Waals surface area contributed by atoms with Gasteiger partial charge < -0.3 is 5.11 Å². The summed E-state index contributed by atoms with van der Waals surface area (Å²) in [6.45, 7) is 5.84. The Hall–Kier alpha value is -1.24. The SMILES string of the molecule is CCCC(c1ccc(C(O)(C(F)(F)F)C(F)(F)F)cc1)C(C)C. The van der Waals surface area contributed by atoms with Crippen LogP contribution in [0.3, 0.4) is 0 Å². The fourth-order valence-corrected chi connectivity index (χ4v) is 2.66. The highest BCUT2D eigenvalue weighted by Gasteiger charge is 2.71. The molecule has 1 atom stereocenters. The van der Waals surface area contributed by atoms with Crippen LogP contribution < -0.4 is 0 Å². The van der Waals surface area contributed by atoms with E-state index < -0.39 is 23.5 Å². The highest BCUT2D eigenvalue weighted by atomic mass is 19.4. The van der Waals surface area contributed by atoms with E-state index in [1.54, 1.807) is 0 Å². The van der Waals surface area contributed by atoms with Gasteiger partial charge in [-0.2, -0.15) is 26.3 Å². The van der Waals surface area contributed by atoms with Crippen LogP contribution in [0.25, 0.3) is 0 Å². The summed E-state index contributed by atoms with van der Waals surface area (Å²) in [6.07, 6.45) is -10.1. The quantitative estimate of drug-likeness (QED) is 0.697. The smallest absolute Gasteiger partial charge is 0.369 e. The molecule has 23 heavy (non-hydrogen) atoms. The highest BCUT2D eigenvalue weighted by Crippen LogP contribution is 2.50. The van der Waals surface area contributed by atoms with Crippen molar-refractivity contribution in [3.05, 3.63) is 35.4 Å². The van der Waals surface area contributed by atoms with Crippen molar-refractivity contribution in [3.8, 4) is 0 Å².